The third-order valence-corrected chi connectivity index (χ3v) is 2.94. The second kappa shape index (κ2) is 5.88. The summed E-state index contributed by atoms with van der Waals surface area (Å²) in [6.45, 7) is -0.406. The number of imide groups is 1. The molecule has 0 saturated heterocycles. The highest BCUT2D eigenvalue weighted by Gasteiger charge is 2.35. The second-order valence-electron chi connectivity index (χ2n) is 4.50. The van der Waals surface area contributed by atoms with Gasteiger partial charge in [0.2, 0.25) is 0 Å². The number of fused-ring (bicyclic) bond motifs is 1. The number of nitriles is 1. The smallest absolute Gasteiger partial charge is 0.269 e. The van der Waals surface area contributed by atoms with E-state index in [9.17, 15) is 22.8 Å². The Bertz CT molecular complexity index is 703. The highest BCUT2D eigenvalue weighted by molar-refractivity contribution is 6.21. The van der Waals surface area contributed by atoms with E-state index in [-0.39, 0.29) is 16.7 Å². The molecule has 2 rings (SSSR count). The summed E-state index contributed by atoms with van der Waals surface area (Å²) in [5.41, 5.74) is 2.39. The summed E-state index contributed by atoms with van der Waals surface area (Å²) in [5.74, 6) is -1.16. The van der Waals surface area contributed by atoms with E-state index in [0.29, 0.717) is 6.08 Å². The fourth-order valence-corrected chi connectivity index (χ4v) is 1.94. The number of hydrogen-bond acceptors (Lipinski definition) is 3. The summed E-state index contributed by atoms with van der Waals surface area (Å²) in [5, 5.41) is 8.91. The van der Waals surface area contributed by atoms with Crippen molar-refractivity contribution in [3.8, 4) is 6.07 Å². The summed E-state index contributed by atoms with van der Waals surface area (Å²) in [7, 11) is 0. The van der Waals surface area contributed by atoms with Gasteiger partial charge in [0.15, 0.2) is 0 Å². The van der Waals surface area contributed by atoms with Crippen molar-refractivity contribution in [1.82, 2.24) is 4.90 Å². The van der Waals surface area contributed by atoms with Crippen LogP contribution >= 0.6 is 0 Å². The number of alkyl halides is 3. The van der Waals surface area contributed by atoms with Crippen LogP contribution in [0, 0.1) is 11.3 Å². The lowest BCUT2D eigenvalue weighted by molar-refractivity contribution is -0.124. The molecule has 2 amide bonds. The molecule has 0 aromatic heterocycles. The molecule has 1 aromatic rings. The lowest BCUT2D eigenvalue weighted by atomic mass is 10.1. The third-order valence-electron chi connectivity index (χ3n) is 2.94. The van der Waals surface area contributed by atoms with E-state index in [0.717, 1.165) is 4.90 Å². The largest absolute Gasteiger partial charge is 0.393 e. The van der Waals surface area contributed by atoms with Crippen molar-refractivity contribution < 1.29 is 22.8 Å². The van der Waals surface area contributed by atoms with Crippen LogP contribution in [-0.4, -0.2) is 29.4 Å². The molecule has 112 valence electrons. The van der Waals surface area contributed by atoms with Gasteiger partial charge in [-0.15, -0.1) is 5.73 Å². The van der Waals surface area contributed by atoms with Gasteiger partial charge < -0.3 is 0 Å². The van der Waals surface area contributed by atoms with Crippen LogP contribution in [0.1, 0.15) is 27.1 Å². The van der Waals surface area contributed by atoms with Crippen molar-refractivity contribution in [2.45, 2.75) is 12.6 Å². The van der Waals surface area contributed by atoms with Gasteiger partial charge in [0, 0.05) is 0 Å². The van der Waals surface area contributed by atoms with E-state index >= 15 is 0 Å². The SMILES string of the molecule is N#CC(=C=CCC(F)(F)F)CN1C(=O)c2ccccc2C1=O. The number of carbonyl (C=O) groups excluding carboxylic acids is 2. The predicted molar refractivity (Wildman–Crippen MR) is 69.7 cm³/mol. The van der Waals surface area contributed by atoms with Crippen LogP contribution in [0.15, 0.2) is 41.6 Å². The Balaban J connectivity index is 2.21. The number of nitrogens with zero attached hydrogens (tertiary/aromatic N) is 2. The number of carbonyl (C=O) groups is 2. The Labute approximate surface area is 123 Å². The Morgan fingerprint density at radius 3 is 2.18 bits per heavy atom. The highest BCUT2D eigenvalue weighted by Crippen LogP contribution is 2.23. The first-order chi connectivity index (χ1) is 10.3. The molecule has 0 N–H and O–H groups in total. The maximum atomic E-state index is 12.1. The number of benzene rings is 1. The summed E-state index contributed by atoms with van der Waals surface area (Å²) < 4.78 is 36.1. The van der Waals surface area contributed by atoms with Gasteiger partial charge in [0.05, 0.1) is 29.7 Å². The Hall–Kier alpha value is -2.84. The van der Waals surface area contributed by atoms with E-state index < -0.39 is 31.0 Å². The molecule has 0 radical (unpaired) electrons. The van der Waals surface area contributed by atoms with Crippen molar-refractivity contribution in [2.24, 2.45) is 0 Å². The average Bonchev–Trinajstić information content (AvgIpc) is 2.70. The van der Waals surface area contributed by atoms with Gasteiger partial charge in [0.25, 0.3) is 11.8 Å². The van der Waals surface area contributed by atoms with Crippen molar-refractivity contribution in [2.75, 3.05) is 6.54 Å². The highest BCUT2D eigenvalue weighted by atomic mass is 19.4. The molecule has 0 unspecified atom stereocenters. The van der Waals surface area contributed by atoms with E-state index in [1.807, 2.05) is 0 Å². The number of amides is 2. The molecule has 22 heavy (non-hydrogen) atoms. The molecule has 7 heteroatoms. The lowest BCUT2D eigenvalue weighted by Gasteiger charge is -2.11. The minimum atomic E-state index is -4.40. The van der Waals surface area contributed by atoms with Crippen molar-refractivity contribution in [1.29, 1.82) is 5.26 Å². The quantitative estimate of drug-likeness (QED) is 0.490. The zero-order valence-electron chi connectivity index (χ0n) is 11.1. The van der Waals surface area contributed by atoms with Crippen LogP contribution in [0.2, 0.25) is 0 Å². The van der Waals surface area contributed by atoms with Crippen LogP contribution in [0.5, 0.6) is 0 Å². The van der Waals surface area contributed by atoms with Crippen molar-refractivity contribution in [3.05, 3.63) is 52.8 Å². The van der Waals surface area contributed by atoms with E-state index in [1.54, 1.807) is 18.2 Å². The van der Waals surface area contributed by atoms with Crippen LogP contribution in [0.3, 0.4) is 0 Å². The minimum Gasteiger partial charge on any atom is -0.269 e. The monoisotopic (exact) mass is 306 g/mol. The molecule has 1 aliphatic heterocycles. The van der Waals surface area contributed by atoms with E-state index in [1.165, 1.54) is 12.1 Å². The average molecular weight is 306 g/mol. The molecule has 4 nitrogen and oxygen atoms in total. The first-order valence-corrected chi connectivity index (χ1v) is 6.19. The molecule has 0 atom stereocenters. The standard InChI is InChI=1S/C15H9F3N2O2/c16-15(17,18)7-3-4-10(8-19)9-20-13(21)11-5-1-2-6-12(11)14(20)22/h1-3,5-6H,7,9H2. The summed E-state index contributed by atoms with van der Waals surface area (Å²) >= 11 is 0. The number of rotatable bonds is 3. The zero-order valence-corrected chi connectivity index (χ0v) is 11.1. The Morgan fingerprint density at radius 1 is 1.18 bits per heavy atom. The van der Waals surface area contributed by atoms with Gasteiger partial charge in [0.1, 0.15) is 6.07 Å². The Morgan fingerprint density at radius 2 is 1.73 bits per heavy atom. The van der Waals surface area contributed by atoms with Crippen LogP contribution in [0.25, 0.3) is 0 Å². The maximum Gasteiger partial charge on any atom is 0.393 e. The Kier molecular flexibility index (Phi) is 4.15. The molecule has 1 aliphatic rings. The molecular weight excluding hydrogens is 297 g/mol. The predicted octanol–water partition coefficient (Wildman–Crippen LogP) is 2.84. The molecule has 1 heterocycles. The molecule has 1 aromatic carbocycles. The first kappa shape index (κ1) is 15.5. The van der Waals surface area contributed by atoms with Crippen molar-refractivity contribution >= 4 is 11.8 Å². The van der Waals surface area contributed by atoms with Crippen LogP contribution in [0.4, 0.5) is 13.2 Å². The maximum absolute atomic E-state index is 12.1. The van der Waals surface area contributed by atoms with Gasteiger partial charge >= 0.3 is 6.18 Å². The van der Waals surface area contributed by atoms with Crippen LogP contribution < -0.4 is 0 Å². The molecule has 0 saturated carbocycles. The molecule has 0 bridgehead atoms. The zero-order chi connectivity index (χ0) is 16.3. The number of halogens is 3. The third kappa shape index (κ3) is 3.25. The normalized spacial score (nSPS) is 13.5. The summed E-state index contributed by atoms with van der Waals surface area (Å²) in [6, 6.07) is 7.79. The van der Waals surface area contributed by atoms with Gasteiger partial charge in [-0.25, -0.2) is 0 Å². The molecule has 0 aliphatic carbocycles. The summed E-state index contributed by atoms with van der Waals surface area (Å²) in [6.07, 6.45) is -4.97. The van der Waals surface area contributed by atoms with Gasteiger partial charge in [-0.1, -0.05) is 12.1 Å². The molecule has 0 fully saturated rings. The van der Waals surface area contributed by atoms with E-state index in [4.69, 9.17) is 5.26 Å². The van der Waals surface area contributed by atoms with Gasteiger partial charge in [-0.05, 0) is 18.2 Å². The second-order valence-corrected chi connectivity index (χ2v) is 4.50. The van der Waals surface area contributed by atoms with Gasteiger partial charge in [-0.3, -0.25) is 14.5 Å². The topological polar surface area (TPSA) is 61.2 Å². The first-order valence-electron chi connectivity index (χ1n) is 6.19. The van der Waals surface area contributed by atoms with Crippen LogP contribution in [-0.2, 0) is 0 Å². The van der Waals surface area contributed by atoms with E-state index in [2.05, 4.69) is 5.73 Å². The number of hydrogen-bond donors (Lipinski definition) is 0. The van der Waals surface area contributed by atoms with Crippen molar-refractivity contribution in [3.63, 3.8) is 0 Å². The molecule has 0 spiro atoms. The molecular formula is C15H9F3N2O2. The fourth-order valence-electron chi connectivity index (χ4n) is 1.94. The minimum absolute atomic E-state index is 0.212. The summed E-state index contributed by atoms with van der Waals surface area (Å²) in [4.78, 5) is 24.9. The lowest BCUT2D eigenvalue weighted by Crippen LogP contribution is -2.31. The van der Waals surface area contributed by atoms with Gasteiger partial charge in [-0.2, -0.15) is 18.4 Å². The fraction of sp³-hybridized carbons (Fsp3) is 0.200.